The van der Waals surface area contributed by atoms with Crippen LogP contribution < -0.4 is 20.7 Å². The highest BCUT2D eigenvalue weighted by molar-refractivity contribution is 6.34. The zero-order valence-electron chi connectivity index (χ0n) is 18.2. The van der Waals surface area contributed by atoms with Crippen molar-refractivity contribution in [2.24, 2.45) is 11.8 Å². The van der Waals surface area contributed by atoms with Crippen molar-refractivity contribution in [1.82, 2.24) is 20.3 Å². The number of nitrogens with zero attached hydrogens (tertiary/aromatic N) is 4. The molecule has 31 heavy (non-hydrogen) atoms. The van der Waals surface area contributed by atoms with E-state index < -0.39 is 0 Å². The van der Waals surface area contributed by atoms with Gasteiger partial charge in [-0.2, -0.15) is 4.98 Å². The monoisotopic (exact) mass is 444 g/mol. The van der Waals surface area contributed by atoms with Gasteiger partial charge in [0, 0.05) is 29.8 Å². The molecule has 1 fully saturated rings. The molecule has 0 saturated carbocycles. The van der Waals surface area contributed by atoms with Gasteiger partial charge in [-0.25, -0.2) is 4.98 Å². The van der Waals surface area contributed by atoms with Gasteiger partial charge < -0.3 is 20.7 Å². The Hall–Kier alpha value is -2.45. The third-order valence-electron chi connectivity index (χ3n) is 6.39. The van der Waals surface area contributed by atoms with Crippen molar-refractivity contribution >= 4 is 29.2 Å². The summed E-state index contributed by atoms with van der Waals surface area (Å²) in [4.78, 5) is 28.5. The molecule has 2 aliphatic heterocycles. The number of aryl methyl sites for hydroxylation is 1. The molecule has 2 aromatic heterocycles. The summed E-state index contributed by atoms with van der Waals surface area (Å²) in [6.07, 6.45) is 4.81. The molecule has 4 rings (SSSR count). The summed E-state index contributed by atoms with van der Waals surface area (Å²) >= 11 is 6.39. The molecule has 1 saturated heterocycles. The van der Waals surface area contributed by atoms with Crippen LogP contribution in [0.1, 0.15) is 46.4 Å². The molecule has 4 heterocycles. The number of Topliss-reactive ketones (excluding diaryl/α,β-unsaturated/α-hetero) is 1. The summed E-state index contributed by atoms with van der Waals surface area (Å²) in [5.41, 5.74) is 9.08. The van der Waals surface area contributed by atoms with Crippen LogP contribution in [-0.2, 0) is 6.54 Å². The van der Waals surface area contributed by atoms with Crippen molar-refractivity contribution in [2.75, 3.05) is 37.4 Å². The third-order valence-corrected chi connectivity index (χ3v) is 6.66. The Morgan fingerprint density at radius 2 is 2.03 bits per heavy atom. The molecule has 1 unspecified atom stereocenters. The molecule has 0 aliphatic carbocycles. The fraction of sp³-hybridized carbons (Fsp3) is 0.545. The van der Waals surface area contributed by atoms with E-state index in [1.807, 2.05) is 20.0 Å². The van der Waals surface area contributed by atoms with Gasteiger partial charge in [0.25, 0.3) is 0 Å². The van der Waals surface area contributed by atoms with Crippen LogP contribution in [0.15, 0.2) is 6.20 Å². The molecule has 8 nitrogen and oxygen atoms in total. The average molecular weight is 445 g/mol. The van der Waals surface area contributed by atoms with Crippen LogP contribution in [-0.4, -0.2) is 47.5 Å². The highest BCUT2D eigenvalue weighted by Crippen LogP contribution is 2.37. The number of rotatable bonds is 5. The molecular formula is C22H29ClN6O2. The van der Waals surface area contributed by atoms with E-state index in [0.29, 0.717) is 30.4 Å². The molecule has 2 aromatic rings. The zero-order valence-corrected chi connectivity index (χ0v) is 19.0. The Morgan fingerprint density at radius 3 is 2.74 bits per heavy atom. The molecule has 0 aromatic carbocycles. The van der Waals surface area contributed by atoms with E-state index in [1.54, 1.807) is 7.11 Å². The average Bonchev–Trinajstić information content (AvgIpc) is 2.74. The van der Waals surface area contributed by atoms with Crippen LogP contribution in [0.2, 0.25) is 5.15 Å². The van der Waals surface area contributed by atoms with Gasteiger partial charge in [0.1, 0.15) is 16.7 Å². The second-order valence-electron chi connectivity index (χ2n) is 8.49. The van der Waals surface area contributed by atoms with Crippen molar-refractivity contribution in [3.63, 3.8) is 0 Å². The number of ketones is 1. The molecule has 0 amide bonds. The lowest BCUT2D eigenvalue weighted by Crippen LogP contribution is -2.42. The first-order valence-corrected chi connectivity index (χ1v) is 11.1. The predicted molar refractivity (Wildman–Crippen MR) is 121 cm³/mol. The number of methoxy groups -OCH3 is 1. The Bertz CT molecular complexity index is 992. The van der Waals surface area contributed by atoms with Crippen LogP contribution >= 0.6 is 11.6 Å². The van der Waals surface area contributed by atoms with Gasteiger partial charge >= 0.3 is 0 Å². The smallest absolute Gasteiger partial charge is 0.223 e. The minimum Gasteiger partial charge on any atom is -0.496 e. The van der Waals surface area contributed by atoms with E-state index in [0.717, 1.165) is 54.9 Å². The van der Waals surface area contributed by atoms with Crippen molar-refractivity contribution in [3.8, 4) is 5.75 Å². The van der Waals surface area contributed by atoms with Crippen molar-refractivity contribution in [1.29, 1.82) is 0 Å². The quantitative estimate of drug-likeness (QED) is 0.678. The number of halogens is 1. The molecule has 0 radical (unpaired) electrons. The van der Waals surface area contributed by atoms with E-state index >= 15 is 0 Å². The van der Waals surface area contributed by atoms with E-state index in [9.17, 15) is 4.79 Å². The summed E-state index contributed by atoms with van der Waals surface area (Å²) in [7, 11) is 1.66. The molecule has 9 heteroatoms. The fourth-order valence-electron chi connectivity index (χ4n) is 4.77. The number of nitrogens with one attached hydrogen (secondary N) is 1. The Labute approximate surface area is 187 Å². The van der Waals surface area contributed by atoms with Crippen molar-refractivity contribution in [3.05, 3.63) is 33.7 Å². The lowest BCUT2D eigenvalue weighted by Gasteiger charge is -2.36. The second-order valence-corrected chi connectivity index (χ2v) is 8.85. The Balaban J connectivity index is 1.69. The minimum atomic E-state index is -0.159. The lowest BCUT2D eigenvalue weighted by molar-refractivity contribution is 0.0887. The van der Waals surface area contributed by atoms with Gasteiger partial charge in [-0.15, -0.1) is 0 Å². The van der Waals surface area contributed by atoms with E-state index in [4.69, 9.17) is 22.1 Å². The Kier molecular flexibility index (Phi) is 6.29. The maximum absolute atomic E-state index is 13.3. The van der Waals surface area contributed by atoms with Crippen LogP contribution in [0.3, 0.4) is 0 Å². The highest BCUT2D eigenvalue weighted by Gasteiger charge is 2.37. The standard InChI is InChI=1S/C22H29ClN6O2/c1-12-9-26-16(13(2)19(12)31-3)11-29-10-15(8-14-4-6-25-7-5-14)18(30)17-20(23)27-22(24)28-21(17)29/h9,14-15,25H,4-8,10-11H2,1-3H3,(H2,24,27,28). The molecule has 3 N–H and O–H groups in total. The molecular weight excluding hydrogens is 416 g/mol. The summed E-state index contributed by atoms with van der Waals surface area (Å²) < 4.78 is 5.57. The summed E-state index contributed by atoms with van der Waals surface area (Å²) in [5.74, 6) is 1.75. The second kappa shape index (κ2) is 8.96. The maximum Gasteiger partial charge on any atom is 0.223 e. The number of piperidine rings is 1. The normalized spacial score (nSPS) is 19.4. The van der Waals surface area contributed by atoms with Crippen LogP contribution in [0.25, 0.3) is 0 Å². The molecule has 0 bridgehead atoms. The largest absolute Gasteiger partial charge is 0.496 e. The lowest BCUT2D eigenvalue weighted by atomic mass is 9.82. The van der Waals surface area contributed by atoms with Gasteiger partial charge in [0.15, 0.2) is 5.78 Å². The number of carbonyl (C=O) groups is 1. The summed E-state index contributed by atoms with van der Waals surface area (Å²) in [5, 5.41) is 3.51. The fourth-order valence-corrected chi connectivity index (χ4v) is 5.03. The molecule has 2 aliphatic rings. The van der Waals surface area contributed by atoms with Crippen molar-refractivity contribution in [2.45, 2.75) is 39.7 Å². The molecule has 1 atom stereocenters. The first-order valence-electron chi connectivity index (χ1n) is 10.7. The van der Waals surface area contributed by atoms with Crippen LogP contribution in [0, 0.1) is 25.7 Å². The number of carbonyl (C=O) groups excluding carboxylic acids is 1. The van der Waals surface area contributed by atoms with Gasteiger partial charge in [-0.05, 0) is 52.1 Å². The predicted octanol–water partition coefficient (Wildman–Crippen LogP) is 2.94. The minimum absolute atomic E-state index is 0.0148. The third kappa shape index (κ3) is 4.32. The number of ether oxygens (including phenoxy) is 1. The first kappa shape index (κ1) is 21.8. The van der Waals surface area contributed by atoms with Crippen LogP contribution in [0.4, 0.5) is 11.8 Å². The van der Waals surface area contributed by atoms with Crippen LogP contribution in [0.5, 0.6) is 5.75 Å². The number of fused-ring (bicyclic) bond motifs is 1. The molecule has 0 spiro atoms. The number of nitrogen functional groups attached to an aromatic ring is 1. The SMILES string of the molecule is COc1c(C)cnc(CN2CC(CC3CCNCC3)C(=O)c3c(Cl)nc(N)nc32)c1C. The number of hydrogen-bond acceptors (Lipinski definition) is 8. The Morgan fingerprint density at radius 1 is 1.29 bits per heavy atom. The van der Waals surface area contributed by atoms with Gasteiger partial charge in [0.2, 0.25) is 5.95 Å². The number of aromatic nitrogens is 3. The number of hydrogen-bond donors (Lipinski definition) is 2. The number of pyridine rings is 1. The molecule has 166 valence electrons. The van der Waals surface area contributed by atoms with Gasteiger partial charge in [-0.1, -0.05) is 11.6 Å². The van der Waals surface area contributed by atoms with E-state index in [1.165, 1.54) is 0 Å². The first-order chi connectivity index (χ1) is 14.9. The van der Waals surface area contributed by atoms with E-state index in [2.05, 4.69) is 25.2 Å². The number of nitrogens with two attached hydrogens (primary N) is 1. The maximum atomic E-state index is 13.3. The summed E-state index contributed by atoms with van der Waals surface area (Å²) in [6.45, 7) is 7.01. The summed E-state index contributed by atoms with van der Waals surface area (Å²) in [6, 6.07) is 0. The number of anilines is 2. The van der Waals surface area contributed by atoms with Gasteiger partial charge in [-0.3, -0.25) is 9.78 Å². The van der Waals surface area contributed by atoms with E-state index in [-0.39, 0.29) is 22.8 Å². The zero-order chi connectivity index (χ0) is 22.1. The topological polar surface area (TPSA) is 106 Å². The highest BCUT2D eigenvalue weighted by atomic mass is 35.5. The van der Waals surface area contributed by atoms with Gasteiger partial charge in [0.05, 0.1) is 24.9 Å². The van der Waals surface area contributed by atoms with Crippen molar-refractivity contribution < 1.29 is 9.53 Å².